The van der Waals surface area contributed by atoms with Crippen molar-refractivity contribution in [2.24, 2.45) is 0 Å². The summed E-state index contributed by atoms with van der Waals surface area (Å²) in [4.78, 5) is 17.5. The molecule has 0 radical (unpaired) electrons. The highest BCUT2D eigenvalue weighted by atomic mass is 15.0. The van der Waals surface area contributed by atoms with Crippen LogP contribution in [-0.4, -0.2) is 19.1 Å². The van der Waals surface area contributed by atoms with E-state index in [1.165, 1.54) is 0 Å². The largest absolute Gasteiger partial charge is 0.308 e. The van der Waals surface area contributed by atoms with Crippen LogP contribution in [-0.2, 0) is 0 Å². The van der Waals surface area contributed by atoms with E-state index in [1.807, 2.05) is 68.4 Å². The predicted octanol–water partition coefficient (Wildman–Crippen LogP) is 13.0. The average molecular weight is 792 g/mol. The van der Waals surface area contributed by atoms with Gasteiger partial charge in [-0.25, -0.2) is 19.7 Å². The number of aromatic nitrogens is 4. The van der Waals surface area contributed by atoms with Crippen molar-refractivity contribution in [3.63, 3.8) is 0 Å². The first kappa shape index (κ1) is 37.0. The van der Waals surface area contributed by atoms with Crippen LogP contribution < -0.4 is 0 Å². The number of hydrogen-bond donors (Lipinski definition) is 0. The van der Waals surface area contributed by atoms with Gasteiger partial charge in [-0.05, 0) is 115 Å². The summed E-state index contributed by atoms with van der Waals surface area (Å²) in [5, 5.41) is 34.5. The SMILES string of the molecule is [C-]#[N+]c1cc(C#N)cc(-c2ccc3c4ccccc4n(-c4cc(C#N)cc(-n5c6ccccc6c6ccc(-c7cc(C#N)cc([N+]#[C-])c7)cc65)c4-c4nc(C)cc(C)n4)c3c2)c1. The van der Waals surface area contributed by atoms with E-state index in [2.05, 4.69) is 85.6 Å². The second-order valence-electron chi connectivity index (χ2n) is 15.1. The summed E-state index contributed by atoms with van der Waals surface area (Å²) in [6.45, 7) is 19.3. The molecular weight excluding hydrogens is 763 g/mol. The van der Waals surface area contributed by atoms with E-state index >= 15 is 0 Å². The fraction of sp³-hybridized carbons (Fsp3) is 0.0377. The molecule has 0 aliphatic heterocycles. The summed E-state index contributed by atoms with van der Waals surface area (Å²) in [7, 11) is 0. The maximum absolute atomic E-state index is 10.9. The van der Waals surface area contributed by atoms with E-state index in [0.717, 1.165) is 77.3 Å². The molecule has 286 valence electrons. The second-order valence-corrected chi connectivity index (χ2v) is 15.1. The lowest BCUT2D eigenvalue weighted by Crippen LogP contribution is -2.07. The van der Waals surface area contributed by atoms with Crippen molar-refractivity contribution < 1.29 is 0 Å². The fourth-order valence-electron chi connectivity index (χ4n) is 8.73. The number of para-hydroxylation sites is 2. The Balaban J connectivity index is 1.35. The van der Waals surface area contributed by atoms with Crippen molar-refractivity contribution >= 4 is 55.0 Å². The first-order valence-electron chi connectivity index (χ1n) is 19.6. The molecule has 7 aromatic carbocycles. The minimum Gasteiger partial charge on any atom is -0.308 e. The monoisotopic (exact) mass is 791 g/mol. The van der Waals surface area contributed by atoms with E-state index in [4.69, 9.17) is 23.1 Å². The summed E-state index contributed by atoms with van der Waals surface area (Å²) >= 11 is 0. The minimum absolute atomic E-state index is 0.374. The third-order valence-electron chi connectivity index (χ3n) is 11.3. The number of hydrogen-bond acceptors (Lipinski definition) is 5. The Morgan fingerprint density at radius 2 is 0.871 bits per heavy atom. The molecule has 10 aromatic rings. The standard InChI is InChI=1S/C53H29N9/c1-31-17-32(2)60-53(59-31)52-50(61-46-11-7-5-9-42(46)44-15-13-36(26-48(44)61)38-18-33(28-54)20-40(24-38)57-3)22-35(30-56)23-51(52)62-47-12-8-6-10-43(47)45-16-14-37(27-49(45)62)39-19-34(29-55)21-41(25-39)58-4/h5-27H,1-2H3. The summed E-state index contributed by atoms with van der Waals surface area (Å²) in [5.74, 6) is 0.480. The minimum atomic E-state index is 0.374. The number of fused-ring (bicyclic) bond motifs is 6. The van der Waals surface area contributed by atoms with Gasteiger partial charge >= 0.3 is 0 Å². The lowest BCUT2D eigenvalue weighted by atomic mass is 10.00. The van der Waals surface area contributed by atoms with Crippen LogP contribution >= 0.6 is 0 Å². The molecule has 62 heavy (non-hydrogen) atoms. The summed E-state index contributed by atoms with van der Waals surface area (Å²) in [6, 6.07) is 51.5. The molecule has 3 heterocycles. The first-order chi connectivity index (χ1) is 30.3. The Labute approximate surface area is 356 Å². The van der Waals surface area contributed by atoms with Gasteiger partial charge in [-0.1, -0.05) is 60.7 Å². The third-order valence-corrected chi connectivity index (χ3v) is 11.3. The molecule has 0 N–H and O–H groups in total. The molecular formula is C53H29N9. The van der Waals surface area contributed by atoms with Gasteiger partial charge in [0, 0.05) is 44.1 Å². The normalized spacial score (nSPS) is 11.0. The van der Waals surface area contributed by atoms with Gasteiger partial charge in [0.05, 0.1) is 75.9 Å². The van der Waals surface area contributed by atoms with Gasteiger partial charge < -0.3 is 9.13 Å². The van der Waals surface area contributed by atoms with Crippen LogP contribution in [0.4, 0.5) is 11.4 Å². The molecule has 0 atom stereocenters. The topological polar surface area (TPSA) is 116 Å². The van der Waals surface area contributed by atoms with Crippen LogP contribution in [0.15, 0.2) is 140 Å². The molecule has 0 saturated heterocycles. The van der Waals surface area contributed by atoms with Crippen LogP contribution in [0.3, 0.4) is 0 Å². The first-order valence-corrected chi connectivity index (χ1v) is 19.6. The van der Waals surface area contributed by atoms with Crippen molar-refractivity contribution in [2.45, 2.75) is 13.8 Å². The van der Waals surface area contributed by atoms with Crippen molar-refractivity contribution in [2.75, 3.05) is 0 Å². The Hall–Kier alpha value is -9.33. The third kappa shape index (κ3) is 5.97. The number of aryl methyl sites for hydroxylation is 2. The zero-order valence-corrected chi connectivity index (χ0v) is 33.3. The zero-order valence-electron chi connectivity index (χ0n) is 33.3. The average Bonchev–Trinajstić information content (AvgIpc) is 3.82. The van der Waals surface area contributed by atoms with Crippen LogP contribution in [0.25, 0.3) is 98.3 Å². The van der Waals surface area contributed by atoms with Gasteiger partial charge in [0.25, 0.3) is 0 Å². The Morgan fingerprint density at radius 3 is 1.31 bits per heavy atom. The van der Waals surface area contributed by atoms with Gasteiger partial charge in [0.15, 0.2) is 17.2 Å². The van der Waals surface area contributed by atoms with E-state index < -0.39 is 0 Å². The highest BCUT2D eigenvalue weighted by Gasteiger charge is 2.25. The highest BCUT2D eigenvalue weighted by Crippen LogP contribution is 2.44. The van der Waals surface area contributed by atoms with Crippen LogP contribution in [0.1, 0.15) is 28.1 Å². The summed E-state index contributed by atoms with van der Waals surface area (Å²) in [6.07, 6.45) is 0. The second kappa shape index (κ2) is 14.5. The van der Waals surface area contributed by atoms with Crippen LogP contribution in [0.2, 0.25) is 0 Å². The summed E-state index contributed by atoms with van der Waals surface area (Å²) in [5.41, 5.74) is 12.2. The molecule has 3 aromatic heterocycles. The van der Waals surface area contributed by atoms with Crippen LogP contribution in [0.5, 0.6) is 0 Å². The van der Waals surface area contributed by atoms with Gasteiger partial charge in [0.2, 0.25) is 0 Å². The van der Waals surface area contributed by atoms with E-state index in [-0.39, 0.29) is 0 Å². The predicted molar refractivity (Wildman–Crippen MR) is 243 cm³/mol. The Kier molecular flexibility index (Phi) is 8.64. The Morgan fingerprint density at radius 1 is 0.452 bits per heavy atom. The van der Waals surface area contributed by atoms with E-state index in [1.54, 1.807) is 36.4 Å². The van der Waals surface area contributed by atoms with E-state index in [9.17, 15) is 15.8 Å². The maximum Gasteiger partial charge on any atom is 0.189 e. The van der Waals surface area contributed by atoms with Gasteiger partial charge in [0.1, 0.15) is 0 Å². The Bertz CT molecular complexity index is 3490. The quantitative estimate of drug-likeness (QED) is 0.161. The molecule has 0 spiro atoms. The lowest BCUT2D eigenvalue weighted by molar-refractivity contribution is 1.04. The number of nitrogens with zero attached hydrogens (tertiary/aromatic N) is 9. The maximum atomic E-state index is 10.9. The van der Waals surface area contributed by atoms with Crippen molar-refractivity contribution in [3.8, 4) is 63.2 Å². The zero-order chi connectivity index (χ0) is 42.6. The highest BCUT2D eigenvalue weighted by molar-refractivity contribution is 6.13. The molecule has 0 aliphatic carbocycles. The molecule has 9 nitrogen and oxygen atoms in total. The molecule has 0 fully saturated rings. The van der Waals surface area contributed by atoms with Crippen LogP contribution in [0, 0.1) is 61.0 Å². The number of nitriles is 3. The molecule has 0 unspecified atom stereocenters. The molecule has 0 aliphatic rings. The van der Waals surface area contributed by atoms with Gasteiger partial charge in [-0.3, -0.25) is 0 Å². The smallest absolute Gasteiger partial charge is 0.189 e. The molecule has 0 amide bonds. The number of rotatable bonds is 5. The number of benzene rings is 7. The summed E-state index contributed by atoms with van der Waals surface area (Å²) < 4.78 is 4.33. The van der Waals surface area contributed by atoms with Gasteiger partial charge in [-0.2, -0.15) is 15.8 Å². The molecule has 10 rings (SSSR count). The van der Waals surface area contributed by atoms with Crippen molar-refractivity contribution in [1.29, 1.82) is 15.8 Å². The molecule has 0 bridgehead atoms. The van der Waals surface area contributed by atoms with Crippen molar-refractivity contribution in [1.82, 2.24) is 19.1 Å². The molecule has 0 saturated carbocycles. The lowest BCUT2D eigenvalue weighted by Gasteiger charge is -2.20. The van der Waals surface area contributed by atoms with E-state index in [0.29, 0.717) is 50.8 Å². The van der Waals surface area contributed by atoms with Crippen molar-refractivity contribution in [3.05, 3.63) is 190 Å². The van der Waals surface area contributed by atoms with Gasteiger partial charge in [-0.15, -0.1) is 0 Å². The fourth-order valence-corrected chi connectivity index (χ4v) is 8.73. The molecule has 9 heteroatoms.